The molecule has 0 fully saturated rings. The maximum atomic E-state index is 10.4. The van der Waals surface area contributed by atoms with Gasteiger partial charge in [0.25, 0.3) is 0 Å². The second-order valence-corrected chi connectivity index (χ2v) is 2.67. The fourth-order valence-corrected chi connectivity index (χ4v) is 0.959. The number of aromatic nitrogens is 1. The minimum absolute atomic E-state index is 0.127. The van der Waals surface area contributed by atoms with E-state index in [0.29, 0.717) is 12.8 Å². The van der Waals surface area contributed by atoms with E-state index in [1.165, 1.54) is 12.3 Å². The van der Waals surface area contributed by atoms with E-state index in [2.05, 4.69) is 4.98 Å². The first-order chi connectivity index (χ1) is 6.24. The van der Waals surface area contributed by atoms with E-state index < -0.39 is 5.97 Å². The van der Waals surface area contributed by atoms with E-state index in [-0.39, 0.29) is 12.2 Å². The third-order valence-electron chi connectivity index (χ3n) is 1.66. The number of aryl methyl sites for hydroxylation is 1. The largest absolute Gasteiger partial charge is 0.478 e. The number of pyridine rings is 1. The number of nitrogens with zero attached hydrogens (tertiary/aromatic N) is 1. The molecule has 13 heavy (non-hydrogen) atoms. The van der Waals surface area contributed by atoms with Gasteiger partial charge in [-0.1, -0.05) is 0 Å². The van der Waals surface area contributed by atoms with Crippen LogP contribution in [0.1, 0.15) is 22.5 Å². The fourth-order valence-electron chi connectivity index (χ4n) is 0.959. The van der Waals surface area contributed by atoms with Crippen LogP contribution in [0.4, 0.5) is 0 Å². The van der Waals surface area contributed by atoms with Crippen molar-refractivity contribution in [2.75, 3.05) is 6.61 Å². The van der Waals surface area contributed by atoms with Crippen molar-refractivity contribution in [1.29, 1.82) is 0 Å². The molecule has 1 heterocycles. The van der Waals surface area contributed by atoms with Crippen LogP contribution in [0, 0.1) is 0 Å². The zero-order chi connectivity index (χ0) is 9.68. The Bertz CT molecular complexity index is 281. The summed E-state index contributed by atoms with van der Waals surface area (Å²) in [7, 11) is 0. The van der Waals surface area contributed by atoms with E-state index in [0.717, 1.165) is 5.69 Å². The van der Waals surface area contributed by atoms with Crippen LogP contribution < -0.4 is 0 Å². The lowest BCUT2D eigenvalue weighted by atomic mass is 10.2. The van der Waals surface area contributed by atoms with Crippen LogP contribution in [0.3, 0.4) is 0 Å². The Morgan fingerprint density at radius 2 is 2.23 bits per heavy atom. The van der Waals surface area contributed by atoms with Crippen LogP contribution >= 0.6 is 0 Å². The van der Waals surface area contributed by atoms with Crippen LogP contribution in [0.15, 0.2) is 18.3 Å². The molecule has 0 saturated heterocycles. The molecule has 0 atom stereocenters. The van der Waals surface area contributed by atoms with Gasteiger partial charge in [0.2, 0.25) is 0 Å². The van der Waals surface area contributed by atoms with Gasteiger partial charge in [-0.25, -0.2) is 4.79 Å². The van der Waals surface area contributed by atoms with Crippen LogP contribution in [-0.4, -0.2) is 27.8 Å². The highest BCUT2D eigenvalue weighted by Gasteiger charge is 2.02. The van der Waals surface area contributed by atoms with Gasteiger partial charge < -0.3 is 10.2 Å². The lowest BCUT2D eigenvalue weighted by Crippen LogP contribution is -1.99. The van der Waals surface area contributed by atoms with E-state index in [1.807, 2.05) is 0 Å². The van der Waals surface area contributed by atoms with Crippen LogP contribution in [0.5, 0.6) is 0 Å². The summed E-state index contributed by atoms with van der Waals surface area (Å²) in [5.41, 5.74) is 0.992. The Balaban J connectivity index is 2.64. The minimum atomic E-state index is -0.971. The molecule has 0 aliphatic rings. The number of aromatic carboxylic acids is 1. The quantitative estimate of drug-likeness (QED) is 0.717. The zero-order valence-electron chi connectivity index (χ0n) is 7.10. The van der Waals surface area contributed by atoms with Gasteiger partial charge in [-0.2, -0.15) is 0 Å². The van der Waals surface area contributed by atoms with Gasteiger partial charge in [-0.05, 0) is 25.0 Å². The van der Waals surface area contributed by atoms with E-state index in [9.17, 15) is 4.79 Å². The van der Waals surface area contributed by atoms with E-state index in [4.69, 9.17) is 10.2 Å². The second-order valence-electron chi connectivity index (χ2n) is 2.67. The number of rotatable bonds is 4. The smallest absolute Gasteiger partial charge is 0.337 e. The summed E-state index contributed by atoms with van der Waals surface area (Å²) in [6, 6.07) is 3.18. The van der Waals surface area contributed by atoms with Crippen molar-refractivity contribution in [2.24, 2.45) is 0 Å². The molecule has 0 aliphatic heterocycles. The van der Waals surface area contributed by atoms with E-state index in [1.54, 1.807) is 6.07 Å². The lowest BCUT2D eigenvalue weighted by molar-refractivity contribution is 0.0696. The number of carboxylic acids is 1. The van der Waals surface area contributed by atoms with Crippen LogP contribution in [0.2, 0.25) is 0 Å². The molecule has 70 valence electrons. The number of hydrogen-bond acceptors (Lipinski definition) is 3. The Labute approximate surface area is 75.9 Å². The number of aliphatic hydroxyl groups excluding tert-OH is 1. The van der Waals surface area contributed by atoms with Crippen molar-refractivity contribution < 1.29 is 15.0 Å². The predicted molar refractivity (Wildman–Crippen MR) is 46.6 cm³/mol. The first-order valence-electron chi connectivity index (χ1n) is 4.03. The van der Waals surface area contributed by atoms with Gasteiger partial charge in [-0.3, -0.25) is 4.98 Å². The SMILES string of the molecule is O=C(O)c1ccc(CCCO)nc1. The van der Waals surface area contributed by atoms with Crippen molar-refractivity contribution >= 4 is 5.97 Å². The summed E-state index contributed by atoms with van der Waals surface area (Å²) in [6.07, 6.45) is 2.66. The first-order valence-corrected chi connectivity index (χ1v) is 4.03. The molecule has 0 aromatic carbocycles. The summed E-state index contributed by atoms with van der Waals surface area (Å²) < 4.78 is 0. The molecule has 1 rings (SSSR count). The van der Waals surface area contributed by atoms with Gasteiger partial charge >= 0.3 is 5.97 Å². The Morgan fingerprint density at radius 3 is 2.69 bits per heavy atom. The molecular weight excluding hydrogens is 170 g/mol. The third kappa shape index (κ3) is 2.83. The average molecular weight is 181 g/mol. The maximum absolute atomic E-state index is 10.4. The maximum Gasteiger partial charge on any atom is 0.337 e. The normalized spacial score (nSPS) is 9.92. The highest BCUT2D eigenvalue weighted by atomic mass is 16.4. The summed E-state index contributed by atoms with van der Waals surface area (Å²) in [4.78, 5) is 14.4. The van der Waals surface area contributed by atoms with Crippen LogP contribution in [0.25, 0.3) is 0 Å². The standard InChI is InChI=1S/C9H11NO3/c11-5-1-2-8-4-3-7(6-10-8)9(12)13/h3-4,6,11H,1-2,5H2,(H,12,13). The molecular formula is C9H11NO3. The summed E-state index contributed by atoms with van der Waals surface area (Å²) in [6.45, 7) is 0.127. The van der Waals surface area contributed by atoms with Crippen molar-refractivity contribution in [3.8, 4) is 0 Å². The molecule has 0 bridgehead atoms. The molecule has 4 nitrogen and oxygen atoms in total. The fraction of sp³-hybridized carbons (Fsp3) is 0.333. The van der Waals surface area contributed by atoms with Crippen molar-refractivity contribution in [3.63, 3.8) is 0 Å². The van der Waals surface area contributed by atoms with Crippen molar-refractivity contribution in [3.05, 3.63) is 29.6 Å². The second kappa shape index (κ2) is 4.57. The Hall–Kier alpha value is -1.42. The van der Waals surface area contributed by atoms with Crippen LogP contribution in [-0.2, 0) is 6.42 Å². The summed E-state index contributed by atoms with van der Waals surface area (Å²) in [5, 5.41) is 17.1. The predicted octanol–water partition coefficient (Wildman–Crippen LogP) is 0.705. The monoisotopic (exact) mass is 181 g/mol. The van der Waals surface area contributed by atoms with Gasteiger partial charge in [0.1, 0.15) is 0 Å². The van der Waals surface area contributed by atoms with Crippen molar-refractivity contribution in [1.82, 2.24) is 4.98 Å². The molecule has 0 amide bonds. The van der Waals surface area contributed by atoms with Gasteiger partial charge in [0.15, 0.2) is 0 Å². The zero-order valence-corrected chi connectivity index (χ0v) is 7.10. The topological polar surface area (TPSA) is 70.4 Å². The highest BCUT2D eigenvalue weighted by Crippen LogP contribution is 2.02. The summed E-state index contributed by atoms with van der Waals surface area (Å²) >= 11 is 0. The van der Waals surface area contributed by atoms with Gasteiger partial charge in [0.05, 0.1) is 5.56 Å². The average Bonchev–Trinajstić information content (AvgIpc) is 2.15. The first kappa shape index (κ1) is 9.67. The molecule has 1 aromatic heterocycles. The molecule has 0 unspecified atom stereocenters. The molecule has 4 heteroatoms. The molecule has 2 N–H and O–H groups in total. The molecule has 0 radical (unpaired) electrons. The molecule has 0 spiro atoms. The highest BCUT2D eigenvalue weighted by molar-refractivity contribution is 5.87. The van der Waals surface area contributed by atoms with Gasteiger partial charge in [0, 0.05) is 18.5 Å². The molecule has 0 saturated carbocycles. The van der Waals surface area contributed by atoms with E-state index >= 15 is 0 Å². The molecule has 1 aromatic rings. The number of carbonyl (C=O) groups is 1. The Kier molecular flexibility index (Phi) is 3.40. The third-order valence-corrected chi connectivity index (χ3v) is 1.66. The number of carboxylic acid groups (broad SMARTS) is 1. The molecule has 0 aliphatic carbocycles. The number of hydrogen-bond donors (Lipinski definition) is 2. The van der Waals surface area contributed by atoms with Crippen molar-refractivity contribution in [2.45, 2.75) is 12.8 Å². The minimum Gasteiger partial charge on any atom is -0.478 e. The van der Waals surface area contributed by atoms with Gasteiger partial charge in [-0.15, -0.1) is 0 Å². The Morgan fingerprint density at radius 1 is 1.46 bits per heavy atom. The number of aliphatic hydroxyl groups is 1. The summed E-state index contributed by atoms with van der Waals surface area (Å²) in [5.74, 6) is -0.971. The lowest BCUT2D eigenvalue weighted by Gasteiger charge is -1.98.